The van der Waals surface area contributed by atoms with Gasteiger partial charge >= 0.3 is 0 Å². The van der Waals surface area contributed by atoms with E-state index in [2.05, 4.69) is 9.44 Å². The average Bonchev–Trinajstić information content (AvgIpc) is 2.27. The molecule has 1 aromatic carbocycles. The molecule has 0 radical (unpaired) electrons. The highest BCUT2D eigenvalue weighted by Crippen LogP contribution is 2.03. The monoisotopic (exact) mass is 272 g/mol. The summed E-state index contributed by atoms with van der Waals surface area (Å²) in [5.41, 5.74) is 0.976. The lowest BCUT2D eigenvalue weighted by molar-refractivity contribution is 0.255. The van der Waals surface area contributed by atoms with Crippen LogP contribution in [-0.2, 0) is 16.6 Å². The van der Waals surface area contributed by atoms with E-state index in [1.54, 1.807) is 13.8 Å². The molecule has 0 amide bonds. The first-order valence-corrected chi connectivity index (χ1v) is 7.35. The van der Waals surface area contributed by atoms with Gasteiger partial charge < -0.3 is 5.11 Å². The molecule has 5 nitrogen and oxygen atoms in total. The zero-order valence-corrected chi connectivity index (χ0v) is 11.4. The van der Waals surface area contributed by atoms with E-state index in [0.29, 0.717) is 6.42 Å². The molecule has 1 rings (SSSR count). The average molecular weight is 272 g/mol. The number of hydrogen-bond donors (Lipinski definition) is 3. The third-order valence-electron chi connectivity index (χ3n) is 2.26. The standard InChI is InChI=1S/C12H20N2O3S/c1-10(2)13-18(16,17)14-12(9-15)8-11-6-4-3-5-7-11/h3-7,10,12-15H,8-9H2,1-2H3. The minimum atomic E-state index is -3.57. The lowest BCUT2D eigenvalue weighted by Crippen LogP contribution is -2.47. The van der Waals surface area contributed by atoms with Crippen LogP contribution >= 0.6 is 0 Å². The number of nitrogens with one attached hydrogen (secondary N) is 2. The molecular formula is C12H20N2O3S. The van der Waals surface area contributed by atoms with Crippen molar-refractivity contribution in [3.05, 3.63) is 35.9 Å². The SMILES string of the molecule is CC(C)NS(=O)(=O)NC(CO)Cc1ccccc1. The number of rotatable bonds is 7. The van der Waals surface area contributed by atoms with Gasteiger partial charge in [0, 0.05) is 6.04 Å². The number of benzene rings is 1. The molecule has 1 aromatic rings. The molecule has 0 bridgehead atoms. The third-order valence-corrected chi connectivity index (χ3v) is 3.68. The van der Waals surface area contributed by atoms with Crippen LogP contribution in [0.5, 0.6) is 0 Å². The maximum Gasteiger partial charge on any atom is 0.277 e. The number of hydrogen-bond acceptors (Lipinski definition) is 3. The summed E-state index contributed by atoms with van der Waals surface area (Å²) in [6.07, 6.45) is 0.455. The molecule has 0 aliphatic carbocycles. The third kappa shape index (κ3) is 5.59. The van der Waals surface area contributed by atoms with Gasteiger partial charge in [0.15, 0.2) is 0 Å². The summed E-state index contributed by atoms with van der Waals surface area (Å²) in [4.78, 5) is 0. The molecular weight excluding hydrogens is 252 g/mol. The second kappa shape index (κ2) is 6.84. The highest BCUT2D eigenvalue weighted by atomic mass is 32.2. The van der Waals surface area contributed by atoms with Crippen LogP contribution in [-0.4, -0.2) is 32.2 Å². The van der Waals surface area contributed by atoms with Gasteiger partial charge in [-0.05, 0) is 25.8 Å². The van der Waals surface area contributed by atoms with E-state index < -0.39 is 16.3 Å². The molecule has 0 heterocycles. The Morgan fingerprint density at radius 2 is 1.78 bits per heavy atom. The van der Waals surface area contributed by atoms with E-state index in [1.807, 2.05) is 30.3 Å². The van der Waals surface area contributed by atoms with E-state index >= 15 is 0 Å². The van der Waals surface area contributed by atoms with Gasteiger partial charge in [0.1, 0.15) is 0 Å². The largest absolute Gasteiger partial charge is 0.395 e. The summed E-state index contributed by atoms with van der Waals surface area (Å²) in [7, 11) is -3.57. The van der Waals surface area contributed by atoms with Gasteiger partial charge in [-0.1, -0.05) is 30.3 Å². The quantitative estimate of drug-likeness (QED) is 0.673. The molecule has 0 aromatic heterocycles. The first-order valence-electron chi connectivity index (χ1n) is 5.87. The van der Waals surface area contributed by atoms with Gasteiger partial charge in [-0.15, -0.1) is 0 Å². The minimum absolute atomic E-state index is 0.182. The molecule has 0 spiro atoms. The molecule has 0 fully saturated rings. The minimum Gasteiger partial charge on any atom is -0.395 e. The Morgan fingerprint density at radius 3 is 2.28 bits per heavy atom. The number of aliphatic hydroxyl groups is 1. The molecule has 1 atom stereocenters. The van der Waals surface area contributed by atoms with Gasteiger partial charge in [0.25, 0.3) is 10.2 Å². The summed E-state index contributed by atoms with van der Waals surface area (Å²) in [5.74, 6) is 0. The molecule has 102 valence electrons. The summed E-state index contributed by atoms with van der Waals surface area (Å²) in [6.45, 7) is 3.24. The van der Waals surface area contributed by atoms with E-state index in [4.69, 9.17) is 0 Å². The first-order chi connectivity index (χ1) is 8.43. The van der Waals surface area contributed by atoms with E-state index in [-0.39, 0.29) is 12.6 Å². The van der Waals surface area contributed by atoms with Crippen molar-refractivity contribution in [3.8, 4) is 0 Å². The Labute approximate surface area is 108 Å². The Kier molecular flexibility index (Phi) is 5.74. The Bertz CT molecular complexity index is 446. The van der Waals surface area contributed by atoms with Crippen LogP contribution in [0.25, 0.3) is 0 Å². The van der Waals surface area contributed by atoms with Crippen molar-refractivity contribution < 1.29 is 13.5 Å². The summed E-state index contributed by atoms with van der Waals surface area (Å²) < 4.78 is 28.2. The molecule has 0 aliphatic rings. The smallest absolute Gasteiger partial charge is 0.277 e. The highest BCUT2D eigenvalue weighted by molar-refractivity contribution is 7.87. The first kappa shape index (κ1) is 15.1. The van der Waals surface area contributed by atoms with Crippen molar-refractivity contribution in [1.82, 2.24) is 9.44 Å². The summed E-state index contributed by atoms with van der Waals surface area (Å²) in [5, 5.41) is 9.23. The number of aliphatic hydroxyl groups excluding tert-OH is 1. The van der Waals surface area contributed by atoms with Crippen molar-refractivity contribution >= 4 is 10.2 Å². The molecule has 1 unspecified atom stereocenters. The molecule has 18 heavy (non-hydrogen) atoms. The van der Waals surface area contributed by atoms with Gasteiger partial charge in [0.05, 0.1) is 12.6 Å². The van der Waals surface area contributed by atoms with Gasteiger partial charge in [-0.25, -0.2) is 0 Å². The molecule has 3 N–H and O–H groups in total. The Hall–Kier alpha value is -0.950. The van der Waals surface area contributed by atoms with Crippen molar-refractivity contribution in [2.24, 2.45) is 0 Å². The van der Waals surface area contributed by atoms with Gasteiger partial charge in [-0.3, -0.25) is 0 Å². The second-order valence-electron chi connectivity index (χ2n) is 4.46. The van der Waals surface area contributed by atoms with Crippen LogP contribution in [0.2, 0.25) is 0 Å². The van der Waals surface area contributed by atoms with E-state index in [1.165, 1.54) is 0 Å². The zero-order chi connectivity index (χ0) is 13.6. The zero-order valence-electron chi connectivity index (χ0n) is 10.6. The fourth-order valence-corrected chi connectivity index (χ4v) is 2.89. The lowest BCUT2D eigenvalue weighted by Gasteiger charge is -2.18. The van der Waals surface area contributed by atoms with Crippen molar-refractivity contribution in [2.75, 3.05) is 6.61 Å². The van der Waals surface area contributed by atoms with Crippen molar-refractivity contribution in [3.63, 3.8) is 0 Å². The predicted molar refractivity (Wildman–Crippen MR) is 71.3 cm³/mol. The van der Waals surface area contributed by atoms with Crippen molar-refractivity contribution in [2.45, 2.75) is 32.4 Å². The molecule has 0 saturated carbocycles. The van der Waals surface area contributed by atoms with Gasteiger partial charge in [0.2, 0.25) is 0 Å². The molecule has 0 aliphatic heterocycles. The van der Waals surface area contributed by atoms with Gasteiger partial charge in [-0.2, -0.15) is 17.9 Å². The summed E-state index contributed by atoms with van der Waals surface area (Å²) in [6, 6.07) is 8.74. The fraction of sp³-hybridized carbons (Fsp3) is 0.500. The van der Waals surface area contributed by atoms with E-state index in [9.17, 15) is 13.5 Å². The Balaban J connectivity index is 2.63. The second-order valence-corrected chi connectivity index (χ2v) is 5.94. The van der Waals surface area contributed by atoms with Crippen LogP contribution < -0.4 is 9.44 Å². The maximum atomic E-state index is 11.7. The highest BCUT2D eigenvalue weighted by Gasteiger charge is 2.18. The van der Waals surface area contributed by atoms with Crippen molar-refractivity contribution in [1.29, 1.82) is 0 Å². The maximum absolute atomic E-state index is 11.7. The van der Waals surface area contributed by atoms with Crippen LogP contribution in [0, 0.1) is 0 Å². The van der Waals surface area contributed by atoms with E-state index in [0.717, 1.165) is 5.56 Å². The van der Waals surface area contributed by atoms with Crippen LogP contribution in [0.4, 0.5) is 0 Å². The fourth-order valence-electron chi connectivity index (χ4n) is 1.61. The lowest BCUT2D eigenvalue weighted by atomic mass is 10.1. The topological polar surface area (TPSA) is 78.4 Å². The predicted octanol–water partition coefficient (Wildman–Crippen LogP) is 0.422. The van der Waals surface area contributed by atoms with Crippen LogP contribution in [0.15, 0.2) is 30.3 Å². The van der Waals surface area contributed by atoms with Crippen LogP contribution in [0.3, 0.4) is 0 Å². The normalized spacial score (nSPS) is 13.8. The molecule has 6 heteroatoms. The molecule has 0 saturated heterocycles. The Morgan fingerprint density at radius 1 is 1.17 bits per heavy atom. The van der Waals surface area contributed by atoms with Crippen LogP contribution in [0.1, 0.15) is 19.4 Å². The summed E-state index contributed by atoms with van der Waals surface area (Å²) >= 11 is 0.